The van der Waals surface area contributed by atoms with Gasteiger partial charge in [-0.2, -0.15) is 0 Å². The number of hydrogen-bond acceptors (Lipinski definition) is 5. The summed E-state index contributed by atoms with van der Waals surface area (Å²) in [4.78, 5) is 26.6. The zero-order chi connectivity index (χ0) is 16.9. The van der Waals surface area contributed by atoms with Gasteiger partial charge in [-0.25, -0.2) is 4.79 Å². The molecule has 2 heterocycles. The van der Waals surface area contributed by atoms with Crippen molar-refractivity contribution in [2.75, 3.05) is 26.2 Å². The fourth-order valence-electron chi connectivity index (χ4n) is 2.64. The molecule has 1 aliphatic heterocycles. The van der Waals surface area contributed by atoms with E-state index in [0.29, 0.717) is 19.0 Å². The first-order valence-corrected chi connectivity index (χ1v) is 8.98. The van der Waals surface area contributed by atoms with Crippen molar-refractivity contribution in [3.8, 4) is 0 Å². The molecule has 23 heavy (non-hydrogen) atoms. The molecule has 1 atom stereocenters. The van der Waals surface area contributed by atoms with Gasteiger partial charge in [0.15, 0.2) is 5.78 Å². The molecule has 1 aromatic rings. The molecule has 0 radical (unpaired) electrons. The van der Waals surface area contributed by atoms with Gasteiger partial charge >= 0.3 is 6.09 Å². The van der Waals surface area contributed by atoms with E-state index in [9.17, 15) is 9.59 Å². The number of likely N-dealkylation sites (tertiary alicyclic amines) is 1. The number of rotatable bonds is 5. The minimum Gasteiger partial charge on any atom is -0.444 e. The number of hydrogen-bond donors (Lipinski definition) is 1. The van der Waals surface area contributed by atoms with Gasteiger partial charge in [-0.05, 0) is 51.0 Å². The number of ether oxygens (including phenoxy) is 1. The lowest BCUT2D eigenvalue weighted by atomic mass is 9.98. The summed E-state index contributed by atoms with van der Waals surface area (Å²) in [7, 11) is 0. The van der Waals surface area contributed by atoms with E-state index in [2.05, 4.69) is 5.32 Å². The van der Waals surface area contributed by atoms with E-state index in [0.717, 1.165) is 30.8 Å². The first kappa shape index (κ1) is 17.9. The Morgan fingerprint density at radius 1 is 1.43 bits per heavy atom. The van der Waals surface area contributed by atoms with Crippen LogP contribution >= 0.6 is 11.3 Å². The van der Waals surface area contributed by atoms with Crippen molar-refractivity contribution < 1.29 is 14.3 Å². The summed E-state index contributed by atoms with van der Waals surface area (Å²) in [6.45, 7) is 8.17. The van der Waals surface area contributed by atoms with Gasteiger partial charge in [-0.1, -0.05) is 6.07 Å². The number of ketones is 1. The van der Waals surface area contributed by atoms with Gasteiger partial charge < -0.3 is 15.0 Å². The van der Waals surface area contributed by atoms with Gasteiger partial charge in [-0.15, -0.1) is 11.3 Å². The number of carbonyl (C=O) groups is 2. The Balaban J connectivity index is 1.73. The zero-order valence-corrected chi connectivity index (χ0v) is 14.9. The average Bonchev–Trinajstić information content (AvgIpc) is 3.00. The van der Waals surface area contributed by atoms with E-state index in [1.807, 2.05) is 38.3 Å². The second-order valence-electron chi connectivity index (χ2n) is 6.97. The molecule has 0 saturated carbocycles. The van der Waals surface area contributed by atoms with Crippen LogP contribution in [0.2, 0.25) is 0 Å². The highest BCUT2D eigenvalue weighted by molar-refractivity contribution is 7.12. The molecule has 1 amide bonds. The highest BCUT2D eigenvalue weighted by Crippen LogP contribution is 2.19. The molecular formula is C17H26N2O3S. The largest absolute Gasteiger partial charge is 0.444 e. The third-order valence-corrected chi connectivity index (χ3v) is 4.60. The second-order valence-corrected chi connectivity index (χ2v) is 7.91. The monoisotopic (exact) mass is 338 g/mol. The van der Waals surface area contributed by atoms with Crippen LogP contribution in [-0.4, -0.2) is 48.6 Å². The lowest BCUT2D eigenvalue weighted by Gasteiger charge is -2.34. The summed E-state index contributed by atoms with van der Waals surface area (Å²) in [5, 5.41) is 5.14. The van der Waals surface area contributed by atoms with E-state index in [-0.39, 0.29) is 11.9 Å². The Bertz CT molecular complexity index is 522. The van der Waals surface area contributed by atoms with E-state index >= 15 is 0 Å². The average molecular weight is 338 g/mol. The van der Waals surface area contributed by atoms with E-state index in [1.54, 1.807) is 4.90 Å². The Labute approximate surface area is 142 Å². The smallest absolute Gasteiger partial charge is 0.410 e. The van der Waals surface area contributed by atoms with Gasteiger partial charge in [0.2, 0.25) is 0 Å². The van der Waals surface area contributed by atoms with Crippen LogP contribution in [0.5, 0.6) is 0 Å². The van der Waals surface area contributed by atoms with Crippen molar-refractivity contribution in [3.63, 3.8) is 0 Å². The molecule has 2 rings (SSSR count). The van der Waals surface area contributed by atoms with Gasteiger partial charge in [0, 0.05) is 19.6 Å². The molecule has 0 aromatic carbocycles. The summed E-state index contributed by atoms with van der Waals surface area (Å²) in [5.74, 6) is 0.493. The summed E-state index contributed by atoms with van der Waals surface area (Å²) in [6, 6.07) is 3.73. The fraction of sp³-hybridized carbons (Fsp3) is 0.647. The molecule has 6 heteroatoms. The van der Waals surface area contributed by atoms with E-state index in [1.165, 1.54) is 11.3 Å². The number of amides is 1. The van der Waals surface area contributed by atoms with Crippen molar-refractivity contribution in [3.05, 3.63) is 22.4 Å². The standard InChI is InChI=1S/C17H26N2O3S/c1-17(2,3)22-16(21)19-8-4-6-13(12-19)10-18-11-14(20)15-7-5-9-23-15/h5,7,9,13,18H,4,6,8,10-12H2,1-3H3. The summed E-state index contributed by atoms with van der Waals surface area (Å²) < 4.78 is 5.43. The number of thiophene rings is 1. The third-order valence-electron chi connectivity index (χ3n) is 3.69. The first-order chi connectivity index (χ1) is 10.8. The maximum Gasteiger partial charge on any atom is 0.410 e. The quantitative estimate of drug-likeness (QED) is 0.838. The summed E-state index contributed by atoms with van der Waals surface area (Å²) in [5.41, 5.74) is -0.463. The molecule has 1 saturated heterocycles. The molecule has 1 aliphatic rings. The number of carbonyl (C=O) groups excluding carboxylic acids is 2. The first-order valence-electron chi connectivity index (χ1n) is 8.10. The van der Waals surface area contributed by atoms with Gasteiger partial charge in [0.05, 0.1) is 11.4 Å². The Morgan fingerprint density at radius 2 is 2.22 bits per heavy atom. The molecule has 0 aliphatic carbocycles. The van der Waals surface area contributed by atoms with Crippen molar-refractivity contribution >= 4 is 23.2 Å². The maximum atomic E-state index is 12.1. The maximum absolute atomic E-state index is 12.1. The summed E-state index contributed by atoms with van der Waals surface area (Å²) in [6.07, 6.45) is 1.81. The van der Waals surface area contributed by atoms with Crippen molar-refractivity contribution in [1.29, 1.82) is 0 Å². The highest BCUT2D eigenvalue weighted by Gasteiger charge is 2.27. The van der Waals surface area contributed by atoms with Gasteiger partial charge in [-0.3, -0.25) is 4.79 Å². The van der Waals surface area contributed by atoms with Crippen molar-refractivity contribution in [2.24, 2.45) is 5.92 Å². The van der Waals surface area contributed by atoms with E-state index < -0.39 is 5.60 Å². The number of piperidine rings is 1. The molecule has 1 unspecified atom stereocenters. The Kier molecular flexibility index (Phi) is 6.18. The van der Waals surface area contributed by atoms with Crippen LogP contribution < -0.4 is 5.32 Å². The predicted octanol–water partition coefficient (Wildman–Crippen LogP) is 3.17. The van der Waals surface area contributed by atoms with Crippen LogP contribution in [0.25, 0.3) is 0 Å². The molecule has 5 nitrogen and oxygen atoms in total. The summed E-state index contributed by atoms with van der Waals surface area (Å²) >= 11 is 1.47. The predicted molar refractivity (Wildman–Crippen MR) is 92.1 cm³/mol. The minimum atomic E-state index is -0.463. The van der Waals surface area contributed by atoms with Gasteiger partial charge in [0.1, 0.15) is 5.60 Å². The van der Waals surface area contributed by atoms with Crippen molar-refractivity contribution in [1.82, 2.24) is 10.2 Å². The van der Waals surface area contributed by atoms with Crippen LogP contribution in [0.15, 0.2) is 17.5 Å². The lowest BCUT2D eigenvalue weighted by molar-refractivity contribution is 0.0166. The molecule has 1 fully saturated rings. The Morgan fingerprint density at radius 3 is 2.87 bits per heavy atom. The van der Waals surface area contributed by atoms with Crippen LogP contribution in [-0.2, 0) is 4.74 Å². The van der Waals surface area contributed by atoms with Gasteiger partial charge in [0.25, 0.3) is 0 Å². The number of nitrogens with zero attached hydrogens (tertiary/aromatic N) is 1. The normalized spacial score (nSPS) is 18.7. The van der Waals surface area contributed by atoms with E-state index in [4.69, 9.17) is 4.74 Å². The molecule has 1 aromatic heterocycles. The third kappa shape index (κ3) is 5.95. The second kappa shape index (κ2) is 7.93. The number of nitrogens with one attached hydrogen (secondary N) is 1. The molecule has 128 valence electrons. The molecular weight excluding hydrogens is 312 g/mol. The molecule has 0 bridgehead atoms. The minimum absolute atomic E-state index is 0.125. The van der Waals surface area contributed by atoms with Crippen molar-refractivity contribution in [2.45, 2.75) is 39.2 Å². The van der Waals surface area contributed by atoms with Crippen LogP contribution in [0.3, 0.4) is 0 Å². The van der Waals surface area contributed by atoms with Crippen LogP contribution in [0.1, 0.15) is 43.3 Å². The fourth-order valence-corrected chi connectivity index (χ4v) is 3.30. The number of Topliss-reactive ketones (excluding diaryl/α,β-unsaturated/α-hetero) is 1. The molecule has 1 N–H and O–H groups in total. The van der Waals surface area contributed by atoms with Crippen LogP contribution in [0, 0.1) is 5.92 Å². The lowest BCUT2D eigenvalue weighted by Crippen LogP contribution is -2.45. The zero-order valence-electron chi connectivity index (χ0n) is 14.1. The Hall–Kier alpha value is -1.40. The van der Waals surface area contributed by atoms with Crippen LogP contribution in [0.4, 0.5) is 4.79 Å². The molecule has 0 spiro atoms. The highest BCUT2D eigenvalue weighted by atomic mass is 32.1. The topological polar surface area (TPSA) is 58.6 Å². The SMILES string of the molecule is CC(C)(C)OC(=O)N1CCCC(CNCC(=O)c2cccs2)C1.